The minimum absolute atomic E-state index is 0.135. The number of carboxylic acid groups (broad SMARTS) is 1. The second-order valence-corrected chi connectivity index (χ2v) is 8.31. The zero-order chi connectivity index (χ0) is 23.2. The van der Waals surface area contributed by atoms with Gasteiger partial charge in [-0.3, -0.25) is 4.79 Å². The Bertz CT molecular complexity index is 831. The largest absolute Gasteiger partial charge is 0.490 e. The van der Waals surface area contributed by atoms with Crippen molar-refractivity contribution < 1.29 is 32.6 Å². The van der Waals surface area contributed by atoms with Crippen LogP contribution in [-0.2, 0) is 14.3 Å². The van der Waals surface area contributed by atoms with Gasteiger partial charge >= 0.3 is 12.1 Å². The molecular weight excluding hydrogens is 427 g/mol. The van der Waals surface area contributed by atoms with Gasteiger partial charge in [0.05, 0.1) is 18.2 Å². The third kappa shape index (κ3) is 6.44. The van der Waals surface area contributed by atoms with Crippen LogP contribution in [0.3, 0.4) is 0 Å². The van der Waals surface area contributed by atoms with E-state index in [-0.39, 0.29) is 17.6 Å². The first-order valence-electron chi connectivity index (χ1n) is 10.8. The maximum atomic E-state index is 12.6. The highest BCUT2D eigenvalue weighted by atomic mass is 19.4. The van der Waals surface area contributed by atoms with Crippen LogP contribution in [0.2, 0.25) is 0 Å². The lowest BCUT2D eigenvalue weighted by atomic mass is 9.90. The molecule has 1 spiro atoms. The summed E-state index contributed by atoms with van der Waals surface area (Å²) < 4.78 is 38.2. The predicted octanol–water partition coefficient (Wildman–Crippen LogP) is 3.78. The van der Waals surface area contributed by atoms with E-state index < -0.39 is 12.1 Å². The Labute approximate surface area is 184 Å². The molecule has 3 heterocycles. The fraction of sp³-hybridized carbons (Fsp3) is 0.591. The van der Waals surface area contributed by atoms with Crippen molar-refractivity contribution in [3.8, 4) is 0 Å². The molecule has 3 aliphatic rings. The molecule has 0 unspecified atom stereocenters. The Morgan fingerprint density at radius 2 is 2.06 bits per heavy atom. The van der Waals surface area contributed by atoms with Crippen molar-refractivity contribution in [3.63, 3.8) is 0 Å². The highest BCUT2D eigenvalue weighted by molar-refractivity contribution is 5.94. The third-order valence-electron chi connectivity index (χ3n) is 5.91. The summed E-state index contributed by atoms with van der Waals surface area (Å²) in [6, 6.07) is 5.88. The number of rotatable bonds is 4. The van der Waals surface area contributed by atoms with Gasteiger partial charge in [-0.05, 0) is 57.1 Å². The van der Waals surface area contributed by atoms with Gasteiger partial charge in [-0.1, -0.05) is 12.1 Å². The van der Waals surface area contributed by atoms with Crippen LogP contribution in [-0.4, -0.2) is 64.4 Å². The lowest BCUT2D eigenvalue weighted by Gasteiger charge is -2.38. The van der Waals surface area contributed by atoms with Gasteiger partial charge in [0, 0.05) is 24.9 Å². The van der Waals surface area contributed by atoms with Crippen molar-refractivity contribution >= 4 is 17.7 Å². The number of carboxylic acids is 1. The van der Waals surface area contributed by atoms with Crippen LogP contribution in [0.25, 0.3) is 0 Å². The first kappa shape index (κ1) is 24.0. The van der Waals surface area contributed by atoms with Crippen LogP contribution in [0.5, 0.6) is 0 Å². The summed E-state index contributed by atoms with van der Waals surface area (Å²) in [5.41, 5.74) is 0.880. The quantitative estimate of drug-likeness (QED) is 0.718. The Morgan fingerprint density at radius 3 is 2.69 bits per heavy atom. The molecule has 1 aromatic heterocycles. The van der Waals surface area contributed by atoms with Gasteiger partial charge in [0.25, 0.3) is 0 Å². The standard InChI is InChI=1S/C20H27N3O2.C2HF3O2/c24-19(16-6-1-2-7-16)23-13-11-20(15-23)10-5-8-17(25-20)14-22-18-9-3-4-12-21-18;3-2(4,5)1(6)7/h3-4,6,9,12,17H,1-2,5,7-8,10-11,13-15H2,(H,21,22);(H,6,7)/t17-,20+;/m0./s1. The summed E-state index contributed by atoms with van der Waals surface area (Å²) >= 11 is 0. The molecule has 2 aliphatic heterocycles. The Hall–Kier alpha value is -2.62. The summed E-state index contributed by atoms with van der Waals surface area (Å²) in [4.78, 5) is 27.9. The number of hydrogen-bond acceptors (Lipinski definition) is 5. The molecule has 4 rings (SSSR count). The van der Waals surface area contributed by atoms with Gasteiger partial charge in [0.1, 0.15) is 5.82 Å². The van der Waals surface area contributed by atoms with Crippen molar-refractivity contribution in [3.05, 3.63) is 36.0 Å². The van der Waals surface area contributed by atoms with Crippen molar-refractivity contribution in [2.75, 3.05) is 25.0 Å². The monoisotopic (exact) mass is 455 g/mol. The second kappa shape index (κ2) is 10.3. The van der Waals surface area contributed by atoms with E-state index in [9.17, 15) is 18.0 Å². The minimum atomic E-state index is -5.08. The van der Waals surface area contributed by atoms with E-state index in [0.717, 1.165) is 69.6 Å². The van der Waals surface area contributed by atoms with Gasteiger partial charge in [-0.25, -0.2) is 9.78 Å². The van der Waals surface area contributed by atoms with E-state index in [1.165, 1.54) is 6.42 Å². The number of nitrogens with zero attached hydrogens (tertiary/aromatic N) is 2. The molecule has 0 aromatic carbocycles. The van der Waals surface area contributed by atoms with Gasteiger partial charge in [0.15, 0.2) is 0 Å². The van der Waals surface area contributed by atoms with Gasteiger partial charge in [0.2, 0.25) is 5.91 Å². The molecule has 10 heteroatoms. The number of nitrogens with one attached hydrogen (secondary N) is 1. The first-order valence-corrected chi connectivity index (χ1v) is 10.8. The normalized spacial score (nSPS) is 25.2. The fourth-order valence-electron chi connectivity index (χ4n) is 4.34. The molecule has 2 N–H and O–H groups in total. The van der Waals surface area contributed by atoms with Crippen LogP contribution < -0.4 is 5.32 Å². The van der Waals surface area contributed by atoms with E-state index in [1.807, 2.05) is 23.1 Å². The number of hydrogen-bond donors (Lipinski definition) is 2. The van der Waals surface area contributed by atoms with Gasteiger partial charge in [-0.15, -0.1) is 0 Å². The molecule has 1 amide bonds. The van der Waals surface area contributed by atoms with Crippen LogP contribution >= 0.6 is 0 Å². The van der Waals surface area contributed by atoms with Crippen molar-refractivity contribution in [1.82, 2.24) is 9.88 Å². The fourth-order valence-corrected chi connectivity index (χ4v) is 4.34. The number of carbonyl (C=O) groups excluding carboxylic acids is 1. The zero-order valence-electron chi connectivity index (χ0n) is 17.7. The molecule has 0 radical (unpaired) electrons. The highest BCUT2D eigenvalue weighted by Crippen LogP contribution is 2.37. The van der Waals surface area contributed by atoms with Gasteiger partial charge in [-0.2, -0.15) is 13.2 Å². The number of aliphatic carboxylic acids is 1. The number of anilines is 1. The summed E-state index contributed by atoms with van der Waals surface area (Å²) in [7, 11) is 0. The first-order chi connectivity index (χ1) is 15.2. The number of pyridine rings is 1. The molecule has 32 heavy (non-hydrogen) atoms. The van der Waals surface area contributed by atoms with Crippen LogP contribution in [0, 0.1) is 0 Å². The van der Waals surface area contributed by atoms with Crippen molar-refractivity contribution in [2.24, 2.45) is 0 Å². The molecule has 1 aliphatic carbocycles. The highest BCUT2D eigenvalue weighted by Gasteiger charge is 2.44. The number of alkyl halides is 3. The number of halogens is 3. The zero-order valence-corrected chi connectivity index (χ0v) is 17.7. The van der Waals surface area contributed by atoms with E-state index in [0.29, 0.717) is 0 Å². The number of aromatic nitrogens is 1. The molecule has 2 atom stereocenters. The molecular formula is C22H28F3N3O4. The van der Waals surface area contributed by atoms with Crippen LogP contribution in [0.1, 0.15) is 44.9 Å². The maximum Gasteiger partial charge on any atom is 0.490 e. The number of likely N-dealkylation sites (tertiary alicyclic amines) is 1. The summed E-state index contributed by atoms with van der Waals surface area (Å²) in [5.74, 6) is -1.62. The average molecular weight is 455 g/mol. The van der Waals surface area contributed by atoms with E-state index >= 15 is 0 Å². The van der Waals surface area contributed by atoms with E-state index in [4.69, 9.17) is 14.6 Å². The third-order valence-corrected chi connectivity index (χ3v) is 5.91. The lowest BCUT2D eigenvalue weighted by molar-refractivity contribution is -0.192. The molecule has 7 nitrogen and oxygen atoms in total. The molecule has 176 valence electrons. The smallest absolute Gasteiger partial charge is 0.475 e. The predicted molar refractivity (Wildman–Crippen MR) is 111 cm³/mol. The molecule has 1 aromatic rings. The Kier molecular flexibility index (Phi) is 7.76. The van der Waals surface area contributed by atoms with E-state index in [2.05, 4.69) is 16.4 Å². The van der Waals surface area contributed by atoms with Crippen molar-refractivity contribution in [2.45, 2.75) is 62.8 Å². The van der Waals surface area contributed by atoms with Gasteiger partial charge < -0.3 is 20.1 Å². The SMILES string of the molecule is O=C(C1=CCCC1)N1CC[C@]2(CCC[C@@H](CNc3ccccn3)O2)C1.O=C(O)C(F)(F)F. The van der Waals surface area contributed by atoms with Crippen LogP contribution in [0.4, 0.5) is 19.0 Å². The lowest BCUT2D eigenvalue weighted by Crippen LogP contribution is -2.45. The minimum Gasteiger partial charge on any atom is -0.475 e. The molecule has 0 bridgehead atoms. The molecule has 2 fully saturated rings. The Morgan fingerprint density at radius 1 is 1.28 bits per heavy atom. The summed E-state index contributed by atoms with van der Waals surface area (Å²) in [5, 5.41) is 10.5. The van der Waals surface area contributed by atoms with E-state index in [1.54, 1.807) is 6.20 Å². The second-order valence-electron chi connectivity index (χ2n) is 8.31. The maximum absolute atomic E-state index is 12.6. The molecule has 0 saturated carbocycles. The average Bonchev–Trinajstić information content (AvgIpc) is 3.43. The number of allylic oxidation sites excluding steroid dienone is 1. The summed E-state index contributed by atoms with van der Waals surface area (Å²) in [6.07, 6.45) is 6.41. The molecule has 2 saturated heterocycles. The summed E-state index contributed by atoms with van der Waals surface area (Å²) in [6.45, 7) is 2.36. The van der Waals surface area contributed by atoms with Crippen LogP contribution in [0.15, 0.2) is 36.0 Å². The Balaban J connectivity index is 0.000000360. The van der Waals surface area contributed by atoms with Crippen molar-refractivity contribution in [1.29, 1.82) is 0 Å². The number of amides is 1. The topological polar surface area (TPSA) is 91.8 Å². The number of carbonyl (C=O) groups is 2. The number of ether oxygens (including phenoxy) is 1.